The van der Waals surface area contributed by atoms with E-state index in [-0.39, 0.29) is 6.10 Å². The van der Waals surface area contributed by atoms with Crippen molar-refractivity contribution in [3.63, 3.8) is 0 Å². The quantitative estimate of drug-likeness (QED) is 0.539. The summed E-state index contributed by atoms with van der Waals surface area (Å²) in [4.78, 5) is 0. The smallest absolute Gasteiger partial charge is 0.0723 e. The average Bonchev–Trinajstić information content (AvgIpc) is 2.11. The normalized spacial score (nSPS) is 14.6. The van der Waals surface area contributed by atoms with Crippen molar-refractivity contribution in [2.45, 2.75) is 52.1 Å². The van der Waals surface area contributed by atoms with Crippen LogP contribution < -0.4 is 0 Å². The van der Waals surface area contributed by atoms with Crippen LogP contribution in [0.5, 0.6) is 0 Å². The second-order valence-electron chi connectivity index (χ2n) is 3.52. The van der Waals surface area contributed by atoms with E-state index in [2.05, 4.69) is 29.8 Å². The largest absolute Gasteiger partial charge is 0.389 e. The van der Waals surface area contributed by atoms with E-state index in [4.69, 9.17) is 0 Å². The molecule has 1 atom stereocenters. The lowest BCUT2D eigenvalue weighted by atomic mass is 10.1. The van der Waals surface area contributed by atoms with Gasteiger partial charge in [0.15, 0.2) is 0 Å². The predicted molar refractivity (Wildman–Crippen MR) is 62.3 cm³/mol. The van der Waals surface area contributed by atoms with Crippen LogP contribution in [-0.4, -0.2) is 16.5 Å². The number of halogens is 1. The van der Waals surface area contributed by atoms with Crippen molar-refractivity contribution >= 4 is 15.9 Å². The molecule has 2 heteroatoms. The third-order valence-electron chi connectivity index (χ3n) is 2.04. The number of aliphatic hydroxyl groups is 1. The molecule has 1 unspecified atom stereocenters. The van der Waals surface area contributed by atoms with Gasteiger partial charge in [-0.15, -0.1) is 0 Å². The number of hydrogen-bond acceptors (Lipinski definition) is 1. The Morgan fingerprint density at radius 1 is 1.46 bits per heavy atom. The summed E-state index contributed by atoms with van der Waals surface area (Å²) in [6.07, 6.45) is 7.20. The van der Waals surface area contributed by atoms with Gasteiger partial charge < -0.3 is 5.11 Å². The Hall–Kier alpha value is 0.180. The predicted octanol–water partition coefficient (Wildman–Crippen LogP) is 3.66. The number of allylic oxidation sites excluding steroid dienone is 1. The molecule has 1 nitrogen and oxygen atoms in total. The molecule has 78 valence electrons. The molecule has 0 radical (unpaired) electrons. The fraction of sp³-hybridized carbons (Fsp3) is 0.818. The maximum absolute atomic E-state index is 9.56. The van der Waals surface area contributed by atoms with E-state index >= 15 is 0 Å². The first kappa shape index (κ1) is 13.2. The highest BCUT2D eigenvalue weighted by atomic mass is 79.9. The number of hydrogen-bond donors (Lipinski definition) is 1. The molecule has 0 rings (SSSR count). The van der Waals surface area contributed by atoms with Gasteiger partial charge in [-0.1, -0.05) is 47.3 Å². The van der Waals surface area contributed by atoms with Crippen LogP contribution in [0.15, 0.2) is 11.6 Å². The summed E-state index contributed by atoms with van der Waals surface area (Å²) < 4.78 is 0. The molecular formula is C11H21BrO. The highest BCUT2D eigenvalue weighted by Crippen LogP contribution is 2.09. The molecule has 0 aliphatic carbocycles. The van der Waals surface area contributed by atoms with E-state index in [1.807, 2.05) is 6.08 Å². The standard InChI is InChI=1S/C11H21BrO/c1-3-4-7-11(13)9-10(2)6-5-8-12/h9,11,13H,3-8H2,1-2H3/b10-9+. The summed E-state index contributed by atoms with van der Waals surface area (Å²) in [6, 6.07) is 0. The van der Waals surface area contributed by atoms with E-state index < -0.39 is 0 Å². The van der Waals surface area contributed by atoms with E-state index in [1.54, 1.807) is 0 Å². The minimum absolute atomic E-state index is 0.227. The molecule has 0 amide bonds. The van der Waals surface area contributed by atoms with Crippen LogP contribution in [0, 0.1) is 0 Å². The lowest BCUT2D eigenvalue weighted by Crippen LogP contribution is -2.02. The Kier molecular flexibility index (Phi) is 8.89. The third kappa shape index (κ3) is 8.51. The number of unbranched alkanes of at least 4 members (excludes halogenated alkanes) is 1. The summed E-state index contributed by atoms with van der Waals surface area (Å²) in [5, 5.41) is 10.6. The summed E-state index contributed by atoms with van der Waals surface area (Å²) >= 11 is 3.40. The van der Waals surface area contributed by atoms with Crippen LogP contribution in [0.1, 0.15) is 46.0 Å². The van der Waals surface area contributed by atoms with Gasteiger partial charge in [-0.05, 0) is 26.2 Å². The monoisotopic (exact) mass is 248 g/mol. The number of aliphatic hydroxyl groups excluding tert-OH is 1. The van der Waals surface area contributed by atoms with Gasteiger partial charge in [-0.2, -0.15) is 0 Å². The molecule has 0 aromatic rings. The first-order valence-electron chi connectivity index (χ1n) is 5.12. The highest BCUT2D eigenvalue weighted by molar-refractivity contribution is 9.09. The molecular weight excluding hydrogens is 228 g/mol. The maximum Gasteiger partial charge on any atom is 0.0723 e. The average molecular weight is 249 g/mol. The Morgan fingerprint density at radius 2 is 2.15 bits per heavy atom. The van der Waals surface area contributed by atoms with Crippen LogP contribution >= 0.6 is 15.9 Å². The molecule has 0 saturated carbocycles. The fourth-order valence-electron chi connectivity index (χ4n) is 1.25. The molecule has 0 bridgehead atoms. The zero-order valence-corrected chi connectivity index (χ0v) is 10.3. The molecule has 0 spiro atoms. The second kappa shape index (κ2) is 8.76. The number of rotatable bonds is 7. The van der Waals surface area contributed by atoms with Gasteiger partial charge in [0.1, 0.15) is 0 Å². The lowest BCUT2D eigenvalue weighted by molar-refractivity contribution is 0.208. The Bertz CT molecular complexity index is 143. The lowest BCUT2D eigenvalue weighted by Gasteiger charge is -2.06. The Morgan fingerprint density at radius 3 is 2.69 bits per heavy atom. The van der Waals surface area contributed by atoms with Gasteiger partial charge in [0, 0.05) is 5.33 Å². The molecule has 13 heavy (non-hydrogen) atoms. The summed E-state index contributed by atoms with van der Waals surface area (Å²) in [5.41, 5.74) is 1.31. The van der Waals surface area contributed by atoms with Crippen LogP contribution in [0.25, 0.3) is 0 Å². The molecule has 0 aromatic heterocycles. The van der Waals surface area contributed by atoms with E-state index in [9.17, 15) is 5.11 Å². The van der Waals surface area contributed by atoms with Gasteiger partial charge in [-0.25, -0.2) is 0 Å². The van der Waals surface area contributed by atoms with Crippen molar-refractivity contribution in [2.75, 3.05) is 5.33 Å². The van der Waals surface area contributed by atoms with Crippen LogP contribution in [-0.2, 0) is 0 Å². The van der Waals surface area contributed by atoms with Crippen LogP contribution in [0.3, 0.4) is 0 Å². The summed E-state index contributed by atoms with van der Waals surface area (Å²) in [5.74, 6) is 0. The van der Waals surface area contributed by atoms with Crippen molar-refractivity contribution in [3.8, 4) is 0 Å². The molecule has 0 heterocycles. The first-order chi connectivity index (χ1) is 6.20. The SMILES string of the molecule is CCCCC(O)/C=C(\C)CCCBr. The van der Waals surface area contributed by atoms with Gasteiger partial charge in [0.25, 0.3) is 0 Å². The van der Waals surface area contributed by atoms with Crippen molar-refractivity contribution in [3.05, 3.63) is 11.6 Å². The van der Waals surface area contributed by atoms with Crippen LogP contribution in [0.4, 0.5) is 0 Å². The summed E-state index contributed by atoms with van der Waals surface area (Å²) in [7, 11) is 0. The highest BCUT2D eigenvalue weighted by Gasteiger charge is 1.99. The molecule has 0 saturated heterocycles. The molecule has 0 aliphatic rings. The second-order valence-corrected chi connectivity index (χ2v) is 4.31. The van der Waals surface area contributed by atoms with E-state index in [0.29, 0.717) is 0 Å². The first-order valence-corrected chi connectivity index (χ1v) is 6.24. The molecule has 1 N–H and O–H groups in total. The van der Waals surface area contributed by atoms with Gasteiger partial charge in [0.2, 0.25) is 0 Å². The third-order valence-corrected chi connectivity index (χ3v) is 2.60. The van der Waals surface area contributed by atoms with Gasteiger partial charge >= 0.3 is 0 Å². The summed E-state index contributed by atoms with van der Waals surface area (Å²) in [6.45, 7) is 4.24. The zero-order chi connectivity index (χ0) is 10.1. The van der Waals surface area contributed by atoms with Crippen molar-refractivity contribution in [1.82, 2.24) is 0 Å². The minimum atomic E-state index is -0.227. The molecule has 0 aliphatic heterocycles. The Labute approximate surface area is 90.4 Å². The minimum Gasteiger partial charge on any atom is -0.389 e. The number of alkyl halides is 1. The van der Waals surface area contributed by atoms with Crippen molar-refractivity contribution < 1.29 is 5.11 Å². The van der Waals surface area contributed by atoms with E-state index in [1.165, 1.54) is 5.57 Å². The van der Waals surface area contributed by atoms with Gasteiger partial charge in [-0.3, -0.25) is 0 Å². The topological polar surface area (TPSA) is 20.2 Å². The van der Waals surface area contributed by atoms with Crippen molar-refractivity contribution in [2.24, 2.45) is 0 Å². The fourth-order valence-corrected chi connectivity index (χ4v) is 1.53. The molecule has 0 aromatic carbocycles. The van der Waals surface area contributed by atoms with Crippen LogP contribution in [0.2, 0.25) is 0 Å². The molecule has 0 fully saturated rings. The van der Waals surface area contributed by atoms with E-state index in [0.717, 1.165) is 37.4 Å². The Balaban J connectivity index is 3.63. The maximum atomic E-state index is 9.56. The van der Waals surface area contributed by atoms with Crippen molar-refractivity contribution in [1.29, 1.82) is 0 Å². The zero-order valence-electron chi connectivity index (χ0n) is 8.72. The van der Waals surface area contributed by atoms with Gasteiger partial charge in [0.05, 0.1) is 6.10 Å².